The van der Waals surface area contributed by atoms with Gasteiger partial charge < -0.3 is 10.6 Å². The van der Waals surface area contributed by atoms with E-state index in [1.165, 1.54) is 13.8 Å². The second-order valence-electron chi connectivity index (χ2n) is 9.91. The molecule has 0 radical (unpaired) electrons. The smallest absolute Gasteiger partial charge is 0.260 e. The number of carbonyl (C=O) groups excluding carboxylic acids is 2. The summed E-state index contributed by atoms with van der Waals surface area (Å²) in [5.74, 6) is -0.604. The molecule has 0 aliphatic heterocycles. The maximum Gasteiger partial charge on any atom is 0.260 e. The van der Waals surface area contributed by atoms with Gasteiger partial charge in [-0.05, 0) is 56.7 Å². The lowest BCUT2D eigenvalue weighted by atomic mass is 10.1. The van der Waals surface area contributed by atoms with Gasteiger partial charge >= 0.3 is 0 Å². The first-order valence-electron chi connectivity index (χ1n) is 13.6. The minimum atomic E-state index is -0.567. The van der Waals surface area contributed by atoms with Crippen LogP contribution in [0.4, 0.5) is 17.6 Å². The zero-order valence-electron chi connectivity index (χ0n) is 24.8. The summed E-state index contributed by atoms with van der Waals surface area (Å²) in [5.41, 5.74) is 10.4. The molecule has 0 aliphatic rings. The predicted octanol–water partition coefficient (Wildman–Crippen LogP) is 4.71. The fourth-order valence-electron chi connectivity index (χ4n) is 4.35. The van der Waals surface area contributed by atoms with Crippen LogP contribution in [-0.2, 0) is 9.59 Å². The number of benzene rings is 3. The molecule has 0 saturated carbocycles. The van der Waals surface area contributed by atoms with E-state index in [1.807, 2.05) is 69.3 Å². The van der Waals surface area contributed by atoms with Gasteiger partial charge in [-0.1, -0.05) is 30.3 Å². The maximum absolute atomic E-state index is 12.8. The van der Waals surface area contributed by atoms with Gasteiger partial charge in [0.2, 0.25) is 23.8 Å². The Balaban J connectivity index is 1.44. The monoisotopic (exact) mass is 590 g/mol. The number of hydroxylamine groups is 2. The number of nitrogens with zero attached hydrogens (tertiary/aromatic N) is 7. The van der Waals surface area contributed by atoms with Crippen molar-refractivity contribution in [3.63, 3.8) is 0 Å². The van der Waals surface area contributed by atoms with Crippen LogP contribution in [0.15, 0.2) is 76.7 Å². The number of aryl methyl sites for hydroxylation is 3. The molecule has 13 nitrogen and oxygen atoms in total. The van der Waals surface area contributed by atoms with Crippen LogP contribution in [0.1, 0.15) is 30.8 Å². The number of hydrogen-bond donors (Lipinski definition) is 3. The topological polar surface area (TPSA) is 173 Å². The maximum atomic E-state index is 12.8. The van der Waals surface area contributed by atoms with Crippen molar-refractivity contribution in [2.75, 3.05) is 10.6 Å². The number of nitrogens with one attached hydrogen (secondary N) is 2. The normalized spacial score (nSPS) is 11.8. The van der Waals surface area contributed by atoms with Gasteiger partial charge in [-0.3, -0.25) is 20.2 Å². The van der Waals surface area contributed by atoms with E-state index in [-0.39, 0.29) is 29.6 Å². The van der Waals surface area contributed by atoms with Gasteiger partial charge in [0.1, 0.15) is 0 Å². The SMILES string of the molecule is CC(=O)N=C(Nc1nc(C)c2ccc(C)cc2n1)N(Oc1ccc2c(C)nc(NC(N)=Nc3ccccc3)nc2c1)C(C)=O. The van der Waals surface area contributed by atoms with Crippen LogP contribution in [0.2, 0.25) is 0 Å². The van der Waals surface area contributed by atoms with Crippen molar-refractivity contribution in [2.45, 2.75) is 34.6 Å². The third kappa shape index (κ3) is 6.90. The molecule has 0 bridgehead atoms. The van der Waals surface area contributed by atoms with Crippen molar-refractivity contribution >= 4 is 63.1 Å². The highest BCUT2D eigenvalue weighted by Crippen LogP contribution is 2.24. The Morgan fingerprint density at radius 3 is 2.05 bits per heavy atom. The summed E-state index contributed by atoms with van der Waals surface area (Å²) in [6, 6.07) is 20.1. The molecule has 0 spiro atoms. The van der Waals surface area contributed by atoms with Crippen LogP contribution in [0.25, 0.3) is 21.8 Å². The van der Waals surface area contributed by atoms with E-state index in [0.29, 0.717) is 28.1 Å². The van der Waals surface area contributed by atoms with E-state index >= 15 is 0 Å². The number of nitrogens with two attached hydrogens (primary N) is 1. The zero-order valence-corrected chi connectivity index (χ0v) is 24.8. The molecule has 4 N–H and O–H groups in total. The molecule has 5 rings (SSSR count). The molecule has 13 heteroatoms. The first kappa shape index (κ1) is 29.5. The number of para-hydroxylation sites is 1. The molecule has 3 aromatic carbocycles. The lowest BCUT2D eigenvalue weighted by molar-refractivity contribution is -0.141. The van der Waals surface area contributed by atoms with Gasteiger partial charge in [-0.25, -0.2) is 24.9 Å². The Hall–Kier alpha value is -5.98. The van der Waals surface area contributed by atoms with Gasteiger partial charge in [0.25, 0.3) is 11.9 Å². The van der Waals surface area contributed by atoms with Gasteiger partial charge in [0.05, 0.1) is 28.1 Å². The van der Waals surface area contributed by atoms with Crippen LogP contribution >= 0.6 is 0 Å². The highest BCUT2D eigenvalue weighted by atomic mass is 16.7. The molecule has 44 heavy (non-hydrogen) atoms. The van der Waals surface area contributed by atoms with Crippen molar-refractivity contribution in [1.82, 2.24) is 25.0 Å². The molecule has 2 aromatic heterocycles. The van der Waals surface area contributed by atoms with E-state index in [9.17, 15) is 9.59 Å². The van der Waals surface area contributed by atoms with Crippen LogP contribution in [0.5, 0.6) is 5.75 Å². The Labute approximate surface area is 252 Å². The first-order valence-corrected chi connectivity index (χ1v) is 13.6. The lowest BCUT2D eigenvalue weighted by Crippen LogP contribution is -2.43. The highest BCUT2D eigenvalue weighted by Gasteiger charge is 2.22. The molecule has 0 saturated heterocycles. The van der Waals surface area contributed by atoms with Crippen LogP contribution in [0, 0.1) is 20.8 Å². The molecule has 0 aliphatic carbocycles. The van der Waals surface area contributed by atoms with Crippen molar-refractivity contribution in [1.29, 1.82) is 0 Å². The first-order chi connectivity index (χ1) is 21.0. The summed E-state index contributed by atoms with van der Waals surface area (Å²) in [6.07, 6.45) is 0. The zero-order chi connectivity index (χ0) is 31.4. The Bertz CT molecular complexity index is 1960. The second kappa shape index (κ2) is 12.5. The van der Waals surface area contributed by atoms with E-state index in [0.717, 1.165) is 21.4 Å². The van der Waals surface area contributed by atoms with E-state index in [1.54, 1.807) is 18.2 Å². The molecular weight excluding hydrogens is 560 g/mol. The quantitative estimate of drug-likeness (QED) is 0.148. The number of amides is 2. The van der Waals surface area contributed by atoms with E-state index < -0.39 is 11.8 Å². The number of aliphatic imine (C=N–C) groups is 2. The van der Waals surface area contributed by atoms with Crippen LogP contribution in [-0.4, -0.2) is 48.7 Å². The largest absolute Gasteiger partial charge is 0.369 e. The second-order valence-corrected chi connectivity index (χ2v) is 9.91. The number of carbonyl (C=O) groups is 2. The number of fused-ring (bicyclic) bond motifs is 2. The predicted molar refractivity (Wildman–Crippen MR) is 170 cm³/mol. The molecule has 0 atom stereocenters. The number of guanidine groups is 2. The molecule has 0 fully saturated rings. The summed E-state index contributed by atoms with van der Waals surface area (Å²) in [4.78, 5) is 57.2. The fourth-order valence-corrected chi connectivity index (χ4v) is 4.35. The molecule has 2 heterocycles. The average Bonchev–Trinajstić information content (AvgIpc) is 2.95. The molecule has 5 aromatic rings. The van der Waals surface area contributed by atoms with E-state index in [2.05, 4.69) is 40.6 Å². The molecule has 2 amide bonds. The summed E-state index contributed by atoms with van der Waals surface area (Å²) >= 11 is 0. The van der Waals surface area contributed by atoms with Crippen molar-refractivity contribution < 1.29 is 14.4 Å². The van der Waals surface area contributed by atoms with Crippen molar-refractivity contribution in [2.24, 2.45) is 15.7 Å². The Morgan fingerprint density at radius 2 is 1.41 bits per heavy atom. The Kier molecular flexibility index (Phi) is 8.37. The minimum absolute atomic E-state index is 0.113. The molecule has 222 valence electrons. The highest BCUT2D eigenvalue weighted by molar-refractivity contribution is 6.06. The average molecular weight is 591 g/mol. The number of anilines is 2. The molecule has 0 unspecified atom stereocenters. The van der Waals surface area contributed by atoms with E-state index in [4.69, 9.17) is 10.6 Å². The van der Waals surface area contributed by atoms with Gasteiger partial charge in [0, 0.05) is 30.7 Å². The Morgan fingerprint density at radius 1 is 0.795 bits per heavy atom. The number of hydrogen-bond acceptors (Lipinski definition) is 8. The van der Waals surface area contributed by atoms with Crippen LogP contribution in [0.3, 0.4) is 0 Å². The summed E-state index contributed by atoms with van der Waals surface area (Å²) in [6.45, 7) is 8.16. The van der Waals surface area contributed by atoms with Crippen molar-refractivity contribution in [3.8, 4) is 5.75 Å². The van der Waals surface area contributed by atoms with Gasteiger partial charge in [0.15, 0.2) is 5.75 Å². The number of aromatic nitrogens is 4. The fraction of sp³-hybridized carbons (Fsp3) is 0.161. The summed E-state index contributed by atoms with van der Waals surface area (Å²) in [7, 11) is 0. The van der Waals surface area contributed by atoms with Gasteiger partial charge in [-0.2, -0.15) is 4.99 Å². The minimum Gasteiger partial charge on any atom is -0.369 e. The lowest BCUT2D eigenvalue weighted by Gasteiger charge is -2.22. The van der Waals surface area contributed by atoms with Crippen molar-refractivity contribution in [3.05, 3.63) is 83.7 Å². The number of rotatable bonds is 5. The summed E-state index contributed by atoms with van der Waals surface area (Å²) < 4.78 is 0. The summed E-state index contributed by atoms with van der Waals surface area (Å²) in [5, 5.41) is 8.28. The third-order valence-electron chi connectivity index (χ3n) is 6.31. The standard InChI is InChI=1S/C31H30N10O3/c1-17-11-13-24-18(2)34-30(37-26(24)15-17)40-31(35-20(4)42)41(21(5)43)44-23-12-14-25-19(3)33-29(38-27(25)16-23)39-28(32)36-22-9-7-6-8-10-22/h6-16H,1-5H3,(H3,32,33,36,38,39)(H,34,35,37,40,42). The van der Waals surface area contributed by atoms with Gasteiger partial charge in [-0.15, -0.1) is 5.06 Å². The molecular formula is C31H30N10O3. The third-order valence-corrected chi connectivity index (χ3v) is 6.31. The van der Waals surface area contributed by atoms with Crippen LogP contribution < -0.4 is 21.2 Å².